The Labute approximate surface area is 179 Å². The van der Waals surface area contributed by atoms with Crippen molar-refractivity contribution in [1.82, 2.24) is 5.32 Å². The van der Waals surface area contributed by atoms with Crippen LogP contribution in [0.25, 0.3) is 0 Å². The highest BCUT2D eigenvalue weighted by Gasteiger charge is 2.16. The largest absolute Gasteiger partial charge is 0.378 e. The van der Waals surface area contributed by atoms with Gasteiger partial charge in [0.05, 0.1) is 16.7 Å². The van der Waals surface area contributed by atoms with E-state index in [0.717, 1.165) is 24.8 Å². The number of aryl methyl sites for hydroxylation is 1. The second kappa shape index (κ2) is 10.6. The lowest BCUT2D eigenvalue weighted by Gasteiger charge is -2.21. The molecule has 2 aromatic carbocycles. The van der Waals surface area contributed by atoms with Crippen LogP contribution in [0.5, 0.6) is 0 Å². The molecule has 7 heteroatoms. The fourth-order valence-electron chi connectivity index (χ4n) is 3.53. The van der Waals surface area contributed by atoms with E-state index in [1.807, 2.05) is 19.1 Å². The molecule has 0 heterocycles. The van der Waals surface area contributed by atoms with E-state index in [0.29, 0.717) is 30.5 Å². The highest BCUT2D eigenvalue weighted by molar-refractivity contribution is 7.92. The average Bonchev–Trinajstić information content (AvgIpc) is 2.76. The number of sulfonamides is 1. The molecule has 1 saturated carbocycles. The second-order valence-corrected chi connectivity index (χ2v) is 9.37. The zero-order chi connectivity index (χ0) is 21.4. The Bertz CT molecular complexity index is 936. The molecule has 2 aromatic rings. The van der Waals surface area contributed by atoms with Gasteiger partial charge >= 0.3 is 0 Å². The minimum atomic E-state index is -3.71. The van der Waals surface area contributed by atoms with Crippen molar-refractivity contribution >= 4 is 21.6 Å². The minimum Gasteiger partial charge on any atom is -0.378 e. The lowest BCUT2D eigenvalue weighted by atomic mass is 9.98. The van der Waals surface area contributed by atoms with Crippen molar-refractivity contribution in [3.05, 3.63) is 59.7 Å². The number of para-hydroxylation sites is 1. The molecule has 2 N–H and O–H groups in total. The number of rotatable bonds is 9. The lowest BCUT2D eigenvalue weighted by molar-refractivity contribution is 0.0273. The number of anilines is 1. The predicted octanol–water partition coefficient (Wildman–Crippen LogP) is 4.27. The van der Waals surface area contributed by atoms with E-state index in [4.69, 9.17) is 4.74 Å². The van der Waals surface area contributed by atoms with Gasteiger partial charge in [-0.25, -0.2) is 8.42 Å². The molecule has 6 nitrogen and oxygen atoms in total. The van der Waals surface area contributed by atoms with Crippen LogP contribution in [0.4, 0.5) is 5.69 Å². The fourth-order valence-corrected chi connectivity index (χ4v) is 4.67. The topological polar surface area (TPSA) is 84.5 Å². The van der Waals surface area contributed by atoms with Crippen LogP contribution in [-0.4, -0.2) is 33.6 Å². The molecule has 0 bridgehead atoms. The summed E-state index contributed by atoms with van der Waals surface area (Å²) in [5.41, 5.74) is 1.80. The highest BCUT2D eigenvalue weighted by atomic mass is 32.2. The van der Waals surface area contributed by atoms with Crippen molar-refractivity contribution in [3.8, 4) is 0 Å². The van der Waals surface area contributed by atoms with Gasteiger partial charge in [-0.3, -0.25) is 9.52 Å². The van der Waals surface area contributed by atoms with Crippen LogP contribution < -0.4 is 10.0 Å². The van der Waals surface area contributed by atoms with E-state index in [-0.39, 0.29) is 10.8 Å². The third-order valence-corrected chi connectivity index (χ3v) is 6.71. The van der Waals surface area contributed by atoms with Gasteiger partial charge in [0, 0.05) is 18.7 Å². The minimum absolute atomic E-state index is 0.114. The first-order chi connectivity index (χ1) is 14.5. The smallest absolute Gasteiger partial charge is 0.261 e. The molecule has 1 amide bonds. The van der Waals surface area contributed by atoms with Crippen molar-refractivity contribution in [2.45, 2.75) is 56.4 Å². The third kappa shape index (κ3) is 6.31. The molecule has 0 aromatic heterocycles. The molecule has 0 spiro atoms. The van der Waals surface area contributed by atoms with Gasteiger partial charge < -0.3 is 10.1 Å². The summed E-state index contributed by atoms with van der Waals surface area (Å²) in [7, 11) is -3.71. The van der Waals surface area contributed by atoms with E-state index in [1.54, 1.807) is 12.1 Å². The Balaban J connectivity index is 1.47. The van der Waals surface area contributed by atoms with E-state index in [1.165, 1.54) is 43.5 Å². The third-order valence-electron chi connectivity index (χ3n) is 5.33. The van der Waals surface area contributed by atoms with Crippen molar-refractivity contribution in [3.63, 3.8) is 0 Å². The number of hydrogen-bond donors (Lipinski definition) is 2. The summed E-state index contributed by atoms with van der Waals surface area (Å²) in [5.74, 6) is -0.219. The van der Waals surface area contributed by atoms with Gasteiger partial charge in [0.2, 0.25) is 0 Å². The summed E-state index contributed by atoms with van der Waals surface area (Å²) in [6.07, 6.45) is 7.20. The molecule has 0 radical (unpaired) electrons. The molecule has 162 valence electrons. The maximum atomic E-state index is 12.6. The highest BCUT2D eigenvalue weighted by Crippen LogP contribution is 2.21. The van der Waals surface area contributed by atoms with Crippen LogP contribution in [0.3, 0.4) is 0 Å². The van der Waals surface area contributed by atoms with E-state index < -0.39 is 10.0 Å². The maximum absolute atomic E-state index is 12.6. The molecular weight excluding hydrogens is 400 g/mol. The Morgan fingerprint density at radius 2 is 1.73 bits per heavy atom. The molecule has 1 aliphatic carbocycles. The van der Waals surface area contributed by atoms with E-state index in [2.05, 4.69) is 10.0 Å². The Kier molecular flexibility index (Phi) is 7.87. The Morgan fingerprint density at radius 1 is 1.03 bits per heavy atom. The standard InChI is InChI=1S/C23H30N2O4S/c1-18-8-5-6-11-22(18)25-30(27,28)21-14-12-19(13-15-21)23(26)24-16-7-17-29-20-9-3-2-4-10-20/h5-6,8,11-15,20,25H,2-4,7,9-10,16-17H2,1H3,(H,24,26). The number of benzene rings is 2. The molecule has 0 saturated heterocycles. The zero-order valence-electron chi connectivity index (χ0n) is 17.4. The van der Waals surface area contributed by atoms with Crippen LogP contribution in [0, 0.1) is 6.92 Å². The first-order valence-corrected chi connectivity index (χ1v) is 12.0. The molecular formula is C23H30N2O4S. The zero-order valence-corrected chi connectivity index (χ0v) is 18.2. The number of amides is 1. The molecule has 1 fully saturated rings. The molecule has 3 rings (SSSR count). The normalized spacial score (nSPS) is 15.0. The molecule has 0 atom stereocenters. The monoisotopic (exact) mass is 430 g/mol. The van der Waals surface area contributed by atoms with Gasteiger partial charge in [0.15, 0.2) is 0 Å². The molecule has 0 unspecified atom stereocenters. The number of hydrogen-bond acceptors (Lipinski definition) is 4. The molecule has 30 heavy (non-hydrogen) atoms. The first kappa shape index (κ1) is 22.3. The summed E-state index contributed by atoms with van der Waals surface area (Å²) in [6, 6.07) is 13.1. The number of carbonyl (C=O) groups excluding carboxylic acids is 1. The summed E-state index contributed by atoms with van der Waals surface area (Å²) >= 11 is 0. The van der Waals surface area contributed by atoms with Crippen molar-refractivity contribution < 1.29 is 17.9 Å². The first-order valence-electron chi connectivity index (χ1n) is 10.5. The van der Waals surface area contributed by atoms with Crippen LogP contribution in [0.15, 0.2) is 53.4 Å². The number of ether oxygens (including phenoxy) is 1. The fraction of sp³-hybridized carbons (Fsp3) is 0.435. The maximum Gasteiger partial charge on any atom is 0.261 e. The van der Waals surface area contributed by atoms with Crippen molar-refractivity contribution in [2.24, 2.45) is 0 Å². The number of carbonyl (C=O) groups is 1. The summed E-state index contributed by atoms with van der Waals surface area (Å²) in [6.45, 7) is 3.01. The van der Waals surface area contributed by atoms with Gasteiger partial charge in [-0.05, 0) is 62.1 Å². The summed E-state index contributed by atoms with van der Waals surface area (Å²) < 4.78 is 33.6. The van der Waals surface area contributed by atoms with Gasteiger partial charge in [-0.2, -0.15) is 0 Å². The summed E-state index contributed by atoms with van der Waals surface area (Å²) in [5, 5.41) is 2.86. The van der Waals surface area contributed by atoms with E-state index >= 15 is 0 Å². The van der Waals surface area contributed by atoms with Gasteiger partial charge in [-0.15, -0.1) is 0 Å². The van der Waals surface area contributed by atoms with Crippen LogP contribution in [-0.2, 0) is 14.8 Å². The van der Waals surface area contributed by atoms with E-state index in [9.17, 15) is 13.2 Å². The van der Waals surface area contributed by atoms with Crippen LogP contribution >= 0.6 is 0 Å². The molecule has 1 aliphatic rings. The second-order valence-electron chi connectivity index (χ2n) is 7.69. The quantitative estimate of drug-likeness (QED) is 0.582. The van der Waals surface area contributed by atoms with Crippen LogP contribution in [0.1, 0.15) is 54.4 Å². The Hall–Kier alpha value is -2.38. The van der Waals surface area contributed by atoms with Crippen molar-refractivity contribution in [1.29, 1.82) is 0 Å². The predicted molar refractivity (Wildman–Crippen MR) is 118 cm³/mol. The summed E-state index contributed by atoms with van der Waals surface area (Å²) in [4.78, 5) is 12.4. The average molecular weight is 431 g/mol. The number of nitrogens with one attached hydrogen (secondary N) is 2. The van der Waals surface area contributed by atoms with Gasteiger partial charge in [-0.1, -0.05) is 37.5 Å². The van der Waals surface area contributed by atoms with Crippen LogP contribution in [0.2, 0.25) is 0 Å². The SMILES string of the molecule is Cc1ccccc1NS(=O)(=O)c1ccc(C(=O)NCCCOC2CCCCC2)cc1. The lowest BCUT2D eigenvalue weighted by Crippen LogP contribution is -2.26. The van der Waals surface area contributed by atoms with Crippen molar-refractivity contribution in [2.75, 3.05) is 17.9 Å². The molecule has 0 aliphatic heterocycles. The Morgan fingerprint density at radius 3 is 2.43 bits per heavy atom. The van der Waals surface area contributed by atoms with Gasteiger partial charge in [0.1, 0.15) is 0 Å². The van der Waals surface area contributed by atoms with Gasteiger partial charge in [0.25, 0.3) is 15.9 Å².